The number of nitrogens with zero attached hydrogens (tertiary/aromatic N) is 1. The zero-order valence-corrected chi connectivity index (χ0v) is 9.01. The van der Waals surface area contributed by atoms with Crippen LogP contribution in [-0.2, 0) is 12.8 Å². The number of benzene rings is 1. The van der Waals surface area contributed by atoms with E-state index in [1.165, 1.54) is 11.1 Å². The Morgan fingerprint density at radius 2 is 1.50 bits per heavy atom. The molecule has 0 bridgehead atoms. The van der Waals surface area contributed by atoms with Gasteiger partial charge >= 0.3 is 0 Å². The molecule has 74 valence electrons. The van der Waals surface area contributed by atoms with Gasteiger partial charge in [-0.25, -0.2) is 0 Å². The second kappa shape index (κ2) is 5.44. The largest absolute Gasteiger partial charge is 0.192 e. The molecule has 1 aromatic carbocycles. The van der Waals surface area contributed by atoms with Crippen molar-refractivity contribution >= 4 is 0 Å². The van der Waals surface area contributed by atoms with Crippen LogP contribution >= 0.6 is 0 Å². The van der Waals surface area contributed by atoms with Crippen LogP contribution in [0.5, 0.6) is 0 Å². The normalized spacial score (nSPS) is 9.79. The molecular formula is C13H17N. The molecule has 0 aromatic heterocycles. The SMILES string of the molecule is CCCc1cc(C#N)cc(CCC)c1. The first-order chi connectivity index (χ1) is 6.80. The Morgan fingerprint density at radius 3 is 1.86 bits per heavy atom. The van der Waals surface area contributed by atoms with E-state index in [0.29, 0.717) is 0 Å². The van der Waals surface area contributed by atoms with E-state index < -0.39 is 0 Å². The van der Waals surface area contributed by atoms with E-state index in [0.717, 1.165) is 31.2 Å². The lowest BCUT2D eigenvalue weighted by atomic mass is 10.0. The third kappa shape index (κ3) is 2.88. The van der Waals surface area contributed by atoms with Crippen molar-refractivity contribution in [2.24, 2.45) is 0 Å². The predicted molar refractivity (Wildman–Crippen MR) is 59.1 cm³/mol. The summed E-state index contributed by atoms with van der Waals surface area (Å²) in [5, 5.41) is 8.87. The molecule has 0 saturated carbocycles. The predicted octanol–water partition coefficient (Wildman–Crippen LogP) is 3.46. The van der Waals surface area contributed by atoms with E-state index in [9.17, 15) is 0 Å². The van der Waals surface area contributed by atoms with Gasteiger partial charge in [-0.3, -0.25) is 0 Å². The van der Waals surface area contributed by atoms with Gasteiger partial charge < -0.3 is 0 Å². The molecule has 0 heterocycles. The van der Waals surface area contributed by atoms with Gasteiger partial charge in [0.2, 0.25) is 0 Å². The van der Waals surface area contributed by atoms with E-state index >= 15 is 0 Å². The smallest absolute Gasteiger partial charge is 0.0991 e. The number of rotatable bonds is 4. The fraction of sp³-hybridized carbons (Fsp3) is 0.462. The van der Waals surface area contributed by atoms with Crippen molar-refractivity contribution in [1.29, 1.82) is 5.26 Å². The summed E-state index contributed by atoms with van der Waals surface area (Å²) >= 11 is 0. The summed E-state index contributed by atoms with van der Waals surface area (Å²) in [6.45, 7) is 4.33. The summed E-state index contributed by atoms with van der Waals surface area (Å²) in [6.07, 6.45) is 4.43. The zero-order chi connectivity index (χ0) is 10.4. The minimum atomic E-state index is 0.805. The van der Waals surface area contributed by atoms with E-state index in [1.54, 1.807) is 0 Å². The molecule has 0 aliphatic rings. The molecule has 1 heteroatoms. The summed E-state index contributed by atoms with van der Waals surface area (Å²) in [5.41, 5.74) is 3.41. The second-order valence-electron chi connectivity index (χ2n) is 3.65. The van der Waals surface area contributed by atoms with E-state index in [4.69, 9.17) is 5.26 Å². The molecule has 0 aliphatic carbocycles. The first-order valence-corrected chi connectivity index (χ1v) is 5.33. The van der Waals surface area contributed by atoms with Crippen molar-refractivity contribution < 1.29 is 0 Å². The highest BCUT2D eigenvalue weighted by Crippen LogP contribution is 2.13. The third-order valence-corrected chi connectivity index (χ3v) is 2.26. The van der Waals surface area contributed by atoms with Crippen molar-refractivity contribution in [2.45, 2.75) is 39.5 Å². The summed E-state index contributed by atoms with van der Waals surface area (Å²) in [6, 6.07) is 8.46. The van der Waals surface area contributed by atoms with Crippen molar-refractivity contribution in [3.63, 3.8) is 0 Å². The maximum atomic E-state index is 8.87. The topological polar surface area (TPSA) is 23.8 Å². The summed E-state index contributed by atoms with van der Waals surface area (Å²) in [4.78, 5) is 0. The second-order valence-corrected chi connectivity index (χ2v) is 3.65. The van der Waals surface area contributed by atoms with Crippen molar-refractivity contribution in [3.8, 4) is 6.07 Å². The average Bonchev–Trinajstić information content (AvgIpc) is 2.18. The van der Waals surface area contributed by atoms with Gasteiger partial charge in [-0.15, -0.1) is 0 Å². The Bertz CT molecular complexity index is 309. The quantitative estimate of drug-likeness (QED) is 0.708. The van der Waals surface area contributed by atoms with Crippen LogP contribution in [0.4, 0.5) is 0 Å². The van der Waals surface area contributed by atoms with Crippen LogP contribution in [-0.4, -0.2) is 0 Å². The van der Waals surface area contributed by atoms with Crippen molar-refractivity contribution in [2.75, 3.05) is 0 Å². The molecule has 0 amide bonds. The standard InChI is InChI=1S/C13H17N/c1-3-5-11-7-12(6-4-2)9-13(8-11)10-14/h7-9H,3-6H2,1-2H3. The number of hydrogen-bond acceptors (Lipinski definition) is 1. The number of aryl methyl sites for hydroxylation is 2. The lowest BCUT2D eigenvalue weighted by Crippen LogP contribution is -1.91. The van der Waals surface area contributed by atoms with Crippen LogP contribution in [0.3, 0.4) is 0 Å². The lowest BCUT2D eigenvalue weighted by molar-refractivity contribution is 0.894. The average molecular weight is 187 g/mol. The third-order valence-electron chi connectivity index (χ3n) is 2.26. The Kier molecular flexibility index (Phi) is 4.19. The van der Waals surface area contributed by atoms with Crippen LogP contribution in [0.25, 0.3) is 0 Å². The molecule has 0 unspecified atom stereocenters. The monoisotopic (exact) mass is 187 g/mol. The zero-order valence-electron chi connectivity index (χ0n) is 9.01. The lowest BCUT2D eigenvalue weighted by Gasteiger charge is -2.04. The van der Waals surface area contributed by atoms with Gasteiger partial charge in [0.15, 0.2) is 0 Å². The Morgan fingerprint density at radius 1 is 1.00 bits per heavy atom. The number of nitriles is 1. The van der Waals surface area contributed by atoms with Crippen LogP contribution in [0.2, 0.25) is 0 Å². The van der Waals surface area contributed by atoms with Crippen molar-refractivity contribution in [1.82, 2.24) is 0 Å². The fourth-order valence-electron chi connectivity index (χ4n) is 1.69. The highest BCUT2D eigenvalue weighted by Gasteiger charge is 1.99. The summed E-state index contributed by atoms with van der Waals surface area (Å²) in [7, 11) is 0. The minimum absolute atomic E-state index is 0.805. The molecule has 14 heavy (non-hydrogen) atoms. The van der Waals surface area contributed by atoms with Gasteiger partial charge in [0.1, 0.15) is 0 Å². The number of hydrogen-bond donors (Lipinski definition) is 0. The van der Waals surface area contributed by atoms with Crippen LogP contribution in [0.1, 0.15) is 43.4 Å². The molecule has 1 nitrogen and oxygen atoms in total. The maximum Gasteiger partial charge on any atom is 0.0991 e. The minimum Gasteiger partial charge on any atom is -0.192 e. The fourth-order valence-corrected chi connectivity index (χ4v) is 1.69. The molecule has 0 atom stereocenters. The van der Waals surface area contributed by atoms with Gasteiger partial charge in [0.05, 0.1) is 11.6 Å². The Labute approximate surface area is 86.4 Å². The molecule has 1 rings (SSSR count). The van der Waals surface area contributed by atoms with Gasteiger partial charge in [-0.2, -0.15) is 5.26 Å². The first-order valence-electron chi connectivity index (χ1n) is 5.33. The van der Waals surface area contributed by atoms with Gasteiger partial charge in [-0.1, -0.05) is 32.8 Å². The molecular weight excluding hydrogens is 170 g/mol. The molecule has 0 saturated heterocycles. The summed E-state index contributed by atoms with van der Waals surface area (Å²) in [5.74, 6) is 0. The maximum absolute atomic E-state index is 8.87. The van der Waals surface area contributed by atoms with Crippen molar-refractivity contribution in [3.05, 3.63) is 34.9 Å². The first kappa shape index (κ1) is 10.8. The van der Waals surface area contributed by atoms with Gasteiger partial charge in [0.25, 0.3) is 0 Å². The van der Waals surface area contributed by atoms with Crippen LogP contribution in [0.15, 0.2) is 18.2 Å². The molecule has 0 radical (unpaired) electrons. The highest BCUT2D eigenvalue weighted by molar-refractivity contribution is 5.37. The molecule has 0 fully saturated rings. The van der Waals surface area contributed by atoms with E-state index in [2.05, 4.69) is 26.0 Å². The highest BCUT2D eigenvalue weighted by atomic mass is 14.2. The van der Waals surface area contributed by atoms with Crippen LogP contribution in [0, 0.1) is 11.3 Å². The van der Waals surface area contributed by atoms with E-state index in [1.807, 2.05) is 12.1 Å². The van der Waals surface area contributed by atoms with Gasteiger partial charge in [0, 0.05) is 0 Å². The van der Waals surface area contributed by atoms with E-state index in [-0.39, 0.29) is 0 Å². The molecule has 0 aliphatic heterocycles. The molecule has 0 spiro atoms. The molecule has 0 N–H and O–H groups in total. The van der Waals surface area contributed by atoms with Crippen LogP contribution < -0.4 is 0 Å². The summed E-state index contributed by atoms with van der Waals surface area (Å²) < 4.78 is 0. The Balaban J connectivity index is 2.95. The van der Waals surface area contributed by atoms with Gasteiger partial charge in [-0.05, 0) is 36.1 Å². The molecule has 1 aromatic rings. The Hall–Kier alpha value is -1.29.